The second-order valence-corrected chi connectivity index (χ2v) is 6.89. The third kappa shape index (κ3) is 4.57. The van der Waals surface area contributed by atoms with Crippen LogP contribution >= 0.6 is 39.1 Å². The van der Waals surface area contributed by atoms with E-state index in [1.165, 1.54) is 36.5 Å². The average molecular weight is 472 g/mol. The van der Waals surface area contributed by atoms with Crippen LogP contribution in [0, 0.1) is 10.1 Å². The molecule has 0 aliphatic carbocycles. The van der Waals surface area contributed by atoms with Crippen molar-refractivity contribution < 1.29 is 14.5 Å². The lowest BCUT2D eigenvalue weighted by molar-refractivity contribution is -0.384. The monoisotopic (exact) mass is 470 g/mol. The van der Waals surface area contributed by atoms with Crippen LogP contribution in [0.2, 0.25) is 10.0 Å². The zero-order chi connectivity index (χ0) is 19.6. The molecule has 0 atom stereocenters. The highest BCUT2D eigenvalue weighted by molar-refractivity contribution is 9.10. The van der Waals surface area contributed by atoms with Crippen LogP contribution in [0.3, 0.4) is 0 Å². The Kier molecular flexibility index (Phi) is 5.64. The van der Waals surface area contributed by atoms with E-state index in [0.717, 1.165) is 0 Å². The number of amides is 1. The Morgan fingerprint density at radius 2 is 2.04 bits per heavy atom. The fraction of sp³-hybridized carbons (Fsp3) is 0. The standard InChI is InChI=1S/C16H9BrCl2N4O4/c17-12-7-20-22-15(12)16(24)21-9-4-10(23(25)26)6-11(5-9)27-14-2-1-8(18)3-13(14)19/h1-7H,(H,20,22)(H,21,24). The molecule has 0 bridgehead atoms. The zero-order valence-corrected chi connectivity index (χ0v) is 16.3. The topological polar surface area (TPSA) is 110 Å². The molecular formula is C16H9BrCl2N4O4. The molecule has 138 valence electrons. The first-order valence-corrected chi connectivity index (χ1v) is 8.81. The Balaban J connectivity index is 1.92. The van der Waals surface area contributed by atoms with E-state index in [0.29, 0.717) is 9.50 Å². The van der Waals surface area contributed by atoms with Crippen molar-refractivity contribution in [3.63, 3.8) is 0 Å². The van der Waals surface area contributed by atoms with Gasteiger partial charge in [0.25, 0.3) is 11.6 Å². The van der Waals surface area contributed by atoms with Crippen molar-refractivity contribution in [1.82, 2.24) is 10.2 Å². The molecule has 0 unspecified atom stereocenters. The Labute approximate surface area is 170 Å². The van der Waals surface area contributed by atoms with Crippen molar-refractivity contribution in [2.75, 3.05) is 5.32 Å². The van der Waals surface area contributed by atoms with E-state index in [4.69, 9.17) is 27.9 Å². The highest BCUT2D eigenvalue weighted by Gasteiger charge is 2.17. The number of aromatic nitrogens is 2. The molecular weight excluding hydrogens is 463 g/mol. The van der Waals surface area contributed by atoms with Crippen molar-refractivity contribution in [2.24, 2.45) is 0 Å². The lowest BCUT2D eigenvalue weighted by Crippen LogP contribution is -2.13. The molecule has 0 spiro atoms. The average Bonchev–Trinajstić information content (AvgIpc) is 3.03. The fourth-order valence-corrected chi connectivity index (χ4v) is 2.95. The predicted molar refractivity (Wildman–Crippen MR) is 104 cm³/mol. The minimum Gasteiger partial charge on any atom is -0.455 e. The Bertz CT molecular complexity index is 1040. The first kappa shape index (κ1) is 19.2. The smallest absolute Gasteiger partial charge is 0.275 e. The van der Waals surface area contributed by atoms with E-state index in [2.05, 4.69) is 31.4 Å². The highest BCUT2D eigenvalue weighted by Crippen LogP contribution is 2.34. The molecule has 1 heterocycles. The number of carbonyl (C=O) groups excluding carboxylic acids is 1. The summed E-state index contributed by atoms with van der Waals surface area (Å²) in [4.78, 5) is 22.9. The van der Waals surface area contributed by atoms with Gasteiger partial charge in [0.1, 0.15) is 17.2 Å². The van der Waals surface area contributed by atoms with Gasteiger partial charge in [-0.15, -0.1) is 0 Å². The number of hydrogen-bond donors (Lipinski definition) is 2. The number of H-pyrrole nitrogens is 1. The molecule has 2 aromatic carbocycles. The Hall–Kier alpha value is -2.62. The van der Waals surface area contributed by atoms with Gasteiger partial charge in [-0.05, 0) is 34.1 Å². The Morgan fingerprint density at radius 3 is 2.67 bits per heavy atom. The summed E-state index contributed by atoms with van der Waals surface area (Å²) in [7, 11) is 0. The first-order valence-electron chi connectivity index (χ1n) is 7.26. The number of rotatable bonds is 5. The van der Waals surface area contributed by atoms with Crippen molar-refractivity contribution in [3.8, 4) is 11.5 Å². The molecule has 1 aromatic heterocycles. The molecule has 11 heteroatoms. The SMILES string of the molecule is O=C(Nc1cc(Oc2ccc(Cl)cc2Cl)cc([N+](=O)[O-])c1)c1[nH]ncc1Br. The van der Waals surface area contributed by atoms with Gasteiger partial charge < -0.3 is 10.1 Å². The van der Waals surface area contributed by atoms with Gasteiger partial charge in [-0.1, -0.05) is 23.2 Å². The van der Waals surface area contributed by atoms with Crippen molar-refractivity contribution in [3.05, 3.63) is 72.9 Å². The number of carbonyl (C=O) groups is 1. The third-order valence-corrected chi connectivity index (χ3v) is 4.43. The van der Waals surface area contributed by atoms with Gasteiger partial charge in [-0.2, -0.15) is 5.10 Å². The number of nitrogens with zero attached hydrogens (tertiary/aromatic N) is 2. The van der Waals surface area contributed by atoms with E-state index in [1.54, 1.807) is 6.07 Å². The van der Waals surface area contributed by atoms with Gasteiger partial charge in [0, 0.05) is 17.2 Å². The van der Waals surface area contributed by atoms with E-state index in [1.807, 2.05) is 0 Å². The normalized spacial score (nSPS) is 10.5. The number of non-ortho nitro benzene ring substituents is 1. The molecule has 0 aliphatic rings. The van der Waals surface area contributed by atoms with Crippen LogP contribution in [0.25, 0.3) is 0 Å². The lowest BCUT2D eigenvalue weighted by atomic mass is 10.2. The highest BCUT2D eigenvalue weighted by atomic mass is 79.9. The Morgan fingerprint density at radius 1 is 1.26 bits per heavy atom. The van der Waals surface area contributed by atoms with Gasteiger partial charge in [0.15, 0.2) is 0 Å². The van der Waals surface area contributed by atoms with E-state index in [-0.39, 0.29) is 33.6 Å². The number of nitro benzene ring substituents is 1. The summed E-state index contributed by atoms with van der Waals surface area (Å²) in [6, 6.07) is 8.43. The maximum atomic E-state index is 12.3. The van der Waals surface area contributed by atoms with E-state index < -0.39 is 10.8 Å². The van der Waals surface area contributed by atoms with Crippen LogP contribution in [0.15, 0.2) is 47.1 Å². The largest absolute Gasteiger partial charge is 0.455 e. The van der Waals surface area contributed by atoms with Gasteiger partial charge in [0.05, 0.1) is 32.4 Å². The number of hydrogen-bond acceptors (Lipinski definition) is 5. The van der Waals surface area contributed by atoms with E-state index >= 15 is 0 Å². The quantitative estimate of drug-likeness (QED) is 0.380. The molecule has 0 aliphatic heterocycles. The summed E-state index contributed by atoms with van der Waals surface area (Å²) in [5.41, 5.74) is 0.0667. The second-order valence-electron chi connectivity index (χ2n) is 5.20. The maximum absolute atomic E-state index is 12.3. The van der Waals surface area contributed by atoms with Crippen LogP contribution in [-0.4, -0.2) is 21.0 Å². The molecule has 3 aromatic rings. The van der Waals surface area contributed by atoms with Crippen LogP contribution in [0.4, 0.5) is 11.4 Å². The number of anilines is 1. The summed E-state index contributed by atoms with van der Waals surface area (Å²) >= 11 is 15.1. The lowest BCUT2D eigenvalue weighted by Gasteiger charge is -2.10. The molecule has 27 heavy (non-hydrogen) atoms. The van der Waals surface area contributed by atoms with Crippen molar-refractivity contribution in [1.29, 1.82) is 0 Å². The summed E-state index contributed by atoms with van der Waals surface area (Å²) in [5.74, 6) is -0.155. The fourth-order valence-electron chi connectivity index (χ4n) is 2.13. The number of ether oxygens (including phenoxy) is 1. The molecule has 3 rings (SSSR count). The number of nitro groups is 1. The number of benzene rings is 2. The van der Waals surface area contributed by atoms with Crippen molar-refractivity contribution in [2.45, 2.75) is 0 Å². The van der Waals surface area contributed by atoms with Gasteiger partial charge in [-0.3, -0.25) is 20.0 Å². The van der Waals surface area contributed by atoms with Gasteiger partial charge in [0.2, 0.25) is 0 Å². The molecule has 0 saturated heterocycles. The van der Waals surface area contributed by atoms with Crippen LogP contribution in [0.1, 0.15) is 10.5 Å². The zero-order valence-electron chi connectivity index (χ0n) is 13.2. The minimum absolute atomic E-state index is 0.118. The second kappa shape index (κ2) is 7.95. The van der Waals surface area contributed by atoms with E-state index in [9.17, 15) is 14.9 Å². The van der Waals surface area contributed by atoms with Crippen LogP contribution < -0.4 is 10.1 Å². The molecule has 0 fully saturated rings. The number of nitrogens with one attached hydrogen (secondary N) is 2. The summed E-state index contributed by atoms with van der Waals surface area (Å²) in [5, 5.41) is 20.7. The molecule has 8 nitrogen and oxygen atoms in total. The maximum Gasteiger partial charge on any atom is 0.275 e. The third-order valence-electron chi connectivity index (χ3n) is 3.30. The summed E-state index contributed by atoms with van der Waals surface area (Å²) < 4.78 is 6.07. The molecule has 0 radical (unpaired) electrons. The summed E-state index contributed by atoms with van der Waals surface area (Å²) in [6.45, 7) is 0. The number of aromatic amines is 1. The molecule has 2 N–H and O–H groups in total. The number of halogens is 3. The first-order chi connectivity index (χ1) is 12.8. The van der Waals surface area contributed by atoms with Gasteiger partial charge >= 0.3 is 0 Å². The van der Waals surface area contributed by atoms with Crippen LogP contribution in [-0.2, 0) is 0 Å². The predicted octanol–water partition coefficient (Wildman–Crippen LogP) is 5.43. The molecule has 1 amide bonds. The minimum atomic E-state index is -0.599. The van der Waals surface area contributed by atoms with Gasteiger partial charge in [-0.25, -0.2) is 0 Å². The molecule has 0 saturated carbocycles. The summed E-state index contributed by atoms with van der Waals surface area (Å²) in [6.07, 6.45) is 1.42. The van der Waals surface area contributed by atoms with Crippen molar-refractivity contribution >= 4 is 56.4 Å². The van der Waals surface area contributed by atoms with Crippen LogP contribution in [0.5, 0.6) is 11.5 Å².